The molecule has 0 aromatic heterocycles. The lowest BCUT2D eigenvalue weighted by atomic mass is 10.1. The first-order valence-corrected chi connectivity index (χ1v) is 6.32. The topological polar surface area (TPSA) is 62.1 Å². The molecule has 0 saturated heterocycles. The van der Waals surface area contributed by atoms with E-state index in [1.165, 1.54) is 6.07 Å². The predicted octanol–water partition coefficient (Wildman–Crippen LogP) is 4.08. The number of ether oxygens (including phenoxy) is 1. The molecule has 0 saturated carbocycles. The Morgan fingerprint density at radius 2 is 2.00 bits per heavy atom. The van der Waals surface area contributed by atoms with Gasteiger partial charge < -0.3 is 10.1 Å². The second-order valence-electron chi connectivity index (χ2n) is 4.88. The van der Waals surface area contributed by atoms with Crippen molar-refractivity contribution in [2.24, 2.45) is 0 Å². The third-order valence-corrected chi connectivity index (χ3v) is 2.81. The molecule has 1 atom stereocenters. The Balaban J connectivity index is 2.82. The lowest BCUT2D eigenvalue weighted by Crippen LogP contribution is -2.34. The van der Waals surface area contributed by atoms with Crippen LogP contribution in [0, 0.1) is 11.3 Å². The average Bonchev–Trinajstić information content (AvgIpc) is 2.27. The SMILES string of the molecule is CC(C)(C)OC(=O)N[C@@H](C#N)c1ccc(Cl)c(Cl)c1. The molecule has 1 N–H and O–H groups in total. The summed E-state index contributed by atoms with van der Waals surface area (Å²) in [5, 5.41) is 12.3. The van der Waals surface area contributed by atoms with Crippen LogP contribution in [0.1, 0.15) is 32.4 Å². The van der Waals surface area contributed by atoms with E-state index in [0.717, 1.165) is 0 Å². The summed E-state index contributed by atoms with van der Waals surface area (Å²) in [6.07, 6.45) is -0.662. The number of alkyl carbamates (subject to hydrolysis) is 1. The number of hydrogen-bond acceptors (Lipinski definition) is 3. The fraction of sp³-hybridized carbons (Fsp3) is 0.385. The predicted molar refractivity (Wildman–Crippen MR) is 74.2 cm³/mol. The van der Waals surface area contributed by atoms with Gasteiger partial charge in [-0.2, -0.15) is 5.26 Å². The van der Waals surface area contributed by atoms with Gasteiger partial charge in [0.25, 0.3) is 0 Å². The summed E-state index contributed by atoms with van der Waals surface area (Å²) in [5.41, 5.74) is -0.0791. The van der Waals surface area contributed by atoms with Crippen LogP contribution in [-0.2, 0) is 4.74 Å². The molecule has 6 heteroatoms. The summed E-state index contributed by atoms with van der Waals surface area (Å²) < 4.78 is 5.09. The standard InChI is InChI=1S/C13H14Cl2N2O2/c1-13(2,3)19-12(18)17-11(7-16)8-4-5-9(14)10(15)6-8/h4-6,11H,1-3H3,(H,17,18)/t11-/m0/s1. The van der Waals surface area contributed by atoms with Crippen molar-refractivity contribution in [3.8, 4) is 6.07 Å². The van der Waals surface area contributed by atoms with Gasteiger partial charge in [-0.25, -0.2) is 4.79 Å². The second-order valence-corrected chi connectivity index (χ2v) is 5.70. The summed E-state index contributed by atoms with van der Waals surface area (Å²) >= 11 is 11.7. The molecule has 1 aromatic rings. The van der Waals surface area contributed by atoms with Gasteiger partial charge in [-0.3, -0.25) is 0 Å². The molecule has 102 valence electrons. The normalized spacial score (nSPS) is 12.4. The monoisotopic (exact) mass is 300 g/mol. The van der Waals surface area contributed by atoms with Crippen LogP contribution in [0.25, 0.3) is 0 Å². The minimum atomic E-state index is -0.843. The highest BCUT2D eigenvalue weighted by atomic mass is 35.5. The number of nitriles is 1. The van der Waals surface area contributed by atoms with Crippen LogP contribution in [0.3, 0.4) is 0 Å². The first-order chi connectivity index (χ1) is 8.73. The lowest BCUT2D eigenvalue weighted by molar-refractivity contribution is 0.0515. The summed E-state index contributed by atoms with van der Waals surface area (Å²) in [7, 11) is 0. The number of halogens is 2. The third-order valence-electron chi connectivity index (χ3n) is 2.07. The fourth-order valence-corrected chi connectivity index (χ4v) is 1.61. The molecule has 0 aliphatic heterocycles. The van der Waals surface area contributed by atoms with E-state index < -0.39 is 17.7 Å². The van der Waals surface area contributed by atoms with Crippen LogP contribution in [0.2, 0.25) is 10.0 Å². The molecule has 4 nitrogen and oxygen atoms in total. The third kappa shape index (κ3) is 4.98. The molecule has 0 bridgehead atoms. The van der Waals surface area contributed by atoms with Crippen molar-refractivity contribution in [3.05, 3.63) is 33.8 Å². The fourth-order valence-electron chi connectivity index (χ4n) is 1.31. The van der Waals surface area contributed by atoms with Crippen molar-refractivity contribution < 1.29 is 9.53 Å². The molecule has 0 heterocycles. The first kappa shape index (κ1) is 15.6. The van der Waals surface area contributed by atoms with Gasteiger partial charge in [0.2, 0.25) is 0 Å². The van der Waals surface area contributed by atoms with Gasteiger partial charge in [-0.05, 0) is 38.5 Å². The Hall–Kier alpha value is -1.44. The van der Waals surface area contributed by atoms with Crippen molar-refractivity contribution in [2.75, 3.05) is 0 Å². The quantitative estimate of drug-likeness (QED) is 0.895. The molecular weight excluding hydrogens is 287 g/mol. The first-order valence-electron chi connectivity index (χ1n) is 5.57. The number of nitrogens with zero attached hydrogens (tertiary/aromatic N) is 1. The summed E-state index contributed by atoms with van der Waals surface area (Å²) in [6, 6.07) is 5.86. The summed E-state index contributed by atoms with van der Waals surface area (Å²) in [4.78, 5) is 11.6. The molecule has 0 aliphatic rings. The maximum atomic E-state index is 11.6. The van der Waals surface area contributed by atoms with Crippen molar-refractivity contribution in [3.63, 3.8) is 0 Å². The number of amides is 1. The minimum Gasteiger partial charge on any atom is -0.444 e. The van der Waals surface area contributed by atoms with Gasteiger partial charge >= 0.3 is 6.09 Å². The number of rotatable bonds is 2. The summed E-state index contributed by atoms with van der Waals surface area (Å²) in [5.74, 6) is 0. The second kappa shape index (κ2) is 6.14. The van der Waals surface area contributed by atoms with Crippen LogP contribution >= 0.6 is 23.2 Å². The van der Waals surface area contributed by atoms with Crippen LogP contribution in [0.5, 0.6) is 0 Å². The number of benzene rings is 1. The van der Waals surface area contributed by atoms with Crippen LogP contribution in [0.4, 0.5) is 4.79 Å². The molecule has 1 rings (SSSR count). The zero-order valence-corrected chi connectivity index (χ0v) is 12.3. The molecule has 0 fully saturated rings. The van der Waals surface area contributed by atoms with Crippen molar-refractivity contribution in [1.82, 2.24) is 5.32 Å². The highest BCUT2D eigenvalue weighted by Gasteiger charge is 2.20. The van der Waals surface area contributed by atoms with Crippen molar-refractivity contribution >= 4 is 29.3 Å². The average molecular weight is 301 g/mol. The van der Waals surface area contributed by atoms with E-state index in [1.54, 1.807) is 32.9 Å². The molecule has 0 radical (unpaired) electrons. The van der Waals surface area contributed by atoms with E-state index in [4.69, 9.17) is 33.2 Å². The van der Waals surface area contributed by atoms with E-state index in [2.05, 4.69) is 5.32 Å². The zero-order valence-electron chi connectivity index (χ0n) is 10.8. The van der Waals surface area contributed by atoms with Crippen molar-refractivity contribution in [1.29, 1.82) is 5.26 Å². The molecule has 0 aliphatic carbocycles. The Kier molecular flexibility index (Phi) is 5.04. The van der Waals surface area contributed by atoms with E-state index in [0.29, 0.717) is 15.6 Å². The van der Waals surface area contributed by atoms with Gasteiger partial charge in [-0.15, -0.1) is 0 Å². The Morgan fingerprint density at radius 3 is 2.47 bits per heavy atom. The number of carbonyl (C=O) groups excluding carboxylic acids is 1. The molecule has 19 heavy (non-hydrogen) atoms. The number of hydrogen-bond donors (Lipinski definition) is 1. The zero-order chi connectivity index (χ0) is 14.6. The van der Waals surface area contributed by atoms with Gasteiger partial charge in [-0.1, -0.05) is 29.3 Å². The Bertz CT molecular complexity index is 518. The Morgan fingerprint density at radius 1 is 1.37 bits per heavy atom. The van der Waals surface area contributed by atoms with Crippen LogP contribution < -0.4 is 5.32 Å². The largest absolute Gasteiger partial charge is 0.444 e. The van der Waals surface area contributed by atoms with Crippen molar-refractivity contribution in [2.45, 2.75) is 32.4 Å². The maximum Gasteiger partial charge on any atom is 0.408 e. The summed E-state index contributed by atoms with van der Waals surface area (Å²) in [6.45, 7) is 5.23. The van der Waals surface area contributed by atoms with Gasteiger partial charge in [0, 0.05) is 0 Å². The molecule has 1 amide bonds. The minimum absolute atomic E-state index is 0.324. The van der Waals surface area contributed by atoms with E-state index in [9.17, 15) is 4.79 Å². The highest BCUT2D eigenvalue weighted by molar-refractivity contribution is 6.42. The smallest absolute Gasteiger partial charge is 0.408 e. The van der Waals surface area contributed by atoms with Gasteiger partial charge in [0.05, 0.1) is 16.1 Å². The van der Waals surface area contributed by atoms with E-state index >= 15 is 0 Å². The molecule has 1 aromatic carbocycles. The van der Waals surface area contributed by atoms with E-state index in [-0.39, 0.29) is 0 Å². The van der Waals surface area contributed by atoms with E-state index in [1.807, 2.05) is 6.07 Å². The number of nitrogens with one attached hydrogen (secondary N) is 1. The van der Waals surface area contributed by atoms with Crippen LogP contribution in [-0.4, -0.2) is 11.7 Å². The number of carbonyl (C=O) groups is 1. The highest BCUT2D eigenvalue weighted by Crippen LogP contribution is 2.25. The van der Waals surface area contributed by atoms with Gasteiger partial charge in [0.15, 0.2) is 0 Å². The van der Waals surface area contributed by atoms with Crippen LogP contribution in [0.15, 0.2) is 18.2 Å². The molecular formula is C13H14Cl2N2O2. The lowest BCUT2D eigenvalue weighted by Gasteiger charge is -2.21. The maximum absolute atomic E-state index is 11.6. The van der Waals surface area contributed by atoms with Gasteiger partial charge in [0.1, 0.15) is 11.6 Å². The molecule has 0 spiro atoms. The molecule has 0 unspecified atom stereocenters. The Labute approximate surface area is 122 Å².